The van der Waals surface area contributed by atoms with E-state index in [1.165, 1.54) is 19.3 Å². The van der Waals surface area contributed by atoms with Gasteiger partial charge >= 0.3 is 0 Å². The first-order chi connectivity index (χ1) is 12.2. The molecule has 1 aliphatic rings. The molecule has 25 heavy (non-hydrogen) atoms. The SMILES string of the molecule is Cc1cnc(C(C)Nc2nc3ccccc3nc2N2CCCCC2)o1. The molecule has 0 radical (unpaired) electrons. The van der Waals surface area contributed by atoms with Crippen molar-refractivity contribution < 1.29 is 4.42 Å². The Bertz CT molecular complexity index is 869. The van der Waals surface area contributed by atoms with Crippen molar-refractivity contribution in [2.45, 2.75) is 39.2 Å². The molecule has 1 saturated heterocycles. The number of hydrogen-bond acceptors (Lipinski definition) is 6. The van der Waals surface area contributed by atoms with Gasteiger partial charge in [-0.25, -0.2) is 15.0 Å². The standard InChI is InChI=1S/C19H23N5O/c1-13-12-20-19(25-13)14(2)21-17-18(24-10-6-3-7-11-24)23-16-9-5-4-8-15(16)22-17/h4-5,8-9,12,14H,3,6-7,10-11H2,1-2H3,(H,21,22). The monoisotopic (exact) mass is 337 g/mol. The van der Waals surface area contributed by atoms with Crippen molar-refractivity contribution in [3.05, 3.63) is 42.1 Å². The Kier molecular flexibility index (Phi) is 4.26. The fourth-order valence-electron chi connectivity index (χ4n) is 3.25. The largest absolute Gasteiger partial charge is 0.444 e. The van der Waals surface area contributed by atoms with Crippen molar-refractivity contribution in [2.75, 3.05) is 23.3 Å². The van der Waals surface area contributed by atoms with Crippen molar-refractivity contribution in [3.8, 4) is 0 Å². The molecule has 2 aromatic heterocycles. The Hall–Kier alpha value is -2.63. The molecule has 6 nitrogen and oxygen atoms in total. The molecule has 0 saturated carbocycles. The van der Waals surface area contributed by atoms with Crippen molar-refractivity contribution in [3.63, 3.8) is 0 Å². The summed E-state index contributed by atoms with van der Waals surface area (Å²) in [6, 6.07) is 7.92. The van der Waals surface area contributed by atoms with Crippen LogP contribution in [-0.2, 0) is 0 Å². The zero-order valence-electron chi connectivity index (χ0n) is 14.7. The van der Waals surface area contributed by atoms with E-state index in [1.54, 1.807) is 6.20 Å². The van der Waals surface area contributed by atoms with E-state index in [2.05, 4.69) is 15.2 Å². The smallest absolute Gasteiger partial charge is 0.216 e. The molecule has 1 fully saturated rings. The predicted molar refractivity (Wildman–Crippen MR) is 98.9 cm³/mol. The third-order valence-corrected chi connectivity index (χ3v) is 4.57. The number of fused-ring (bicyclic) bond motifs is 1. The lowest BCUT2D eigenvalue weighted by Gasteiger charge is -2.29. The Morgan fingerprint density at radius 1 is 1.08 bits per heavy atom. The van der Waals surface area contributed by atoms with E-state index in [0.29, 0.717) is 5.89 Å². The Morgan fingerprint density at radius 2 is 1.80 bits per heavy atom. The Morgan fingerprint density at radius 3 is 2.48 bits per heavy atom. The molecule has 4 rings (SSSR count). The Labute approximate surface area is 147 Å². The number of rotatable bonds is 4. The highest BCUT2D eigenvalue weighted by atomic mass is 16.4. The van der Waals surface area contributed by atoms with Gasteiger partial charge in [-0.2, -0.15) is 0 Å². The number of nitrogens with zero attached hydrogens (tertiary/aromatic N) is 4. The van der Waals surface area contributed by atoms with Crippen LogP contribution in [0.4, 0.5) is 11.6 Å². The summed E-state index contributed by atoms with van der Waals surface area (Å²) in [6.45, 7) is 5.97. The van der Waals surface area contributed by atoms with Gasteiger partial charge in [0.15, 0.2) is 11.6 Å². The first-order valence-electron chi connectivity index (χ1n) is 8.91. The zero-order chi connectivity index (χ0) is 17.2. The topological polar surface area (TPSA) is 67.1 Å². The zero-order valence-corrected chi connectivity index (χ0v) is 14.7. The Balaban J connectivity index is 1.71. The van der Waals surface area contributed by atoms with E-state index in [1.807, 2.05) is 38.1 Å². The number of nitrogens with one attached hydrogen (secondary N) is 1. The molecule has 6 heteroatoms. The van der Waals surface area contributed by atoms with Crippen LogP contribution < -0.4 is 10.2 Å². The van der Waals surface area contributed by atoms with Crippen LogP contribution in [0.25, 0.3) is 11.0 Å². The molecule has 130 valence electrons. The molecular formula is C19H23N5O. The van der Waals surface area contributed by atoms with Gasteiger partial charge in [0.05, 0.1) is 17.2 Å². The van der Waals surface area contributed by atoms with Crippen LogP contribution in [0.15, 0.2) is 34.9 Å². The molecule has 3 aromatic rings. The van der Waals surface area contributed by atoms with Gasteiger partial charge in [0, 0.05) is 13.1 Å². The van der Waals surface area contributed by atoms with Gasteiger partial charge in [-0.15, -0.1) is 0 Å². The van der Waals surface area contributed by atoms with Gasteiger partial charge in [-0.05, 0) is 45.2 Å². The van der Waals surface area contributed by atoms with Gasteiger partial charge in [-0.3, -0.25) is 0 Å². The summed E-state index contributed by atoms with van der Waals surface area (Å²) in [7, 11) is 0. The highest BCUT2D eigenvalue weighted by Gasteiger charge is 2.21. The van der Waals surface area contributed by atoms with Crippen molar-refractivity contribution >= 4 is 22.7 Å². The van der Waals surface area contributed by atoms with Crippen LogP contribution in [0.3, 0.4) is 0 Å². The minimum absolute atomic E-state index is 0.0762. The maximum absolute atomic E-state index is 5.65. The maximum Gasteiger partial charge on any atom is 0.216 e. The molecule has 0 spiro atoms. The summed E-state index contributed by atoms with van der Waals surface area (Å²) < 4.78 is 5.65. The van der Waals surface area contributed by atoms with Gasteiger partial charge < -0.3 is 14.6 Å². The molecule has 0 bridgehead atoms. The van der Waals surface area contributed by atoms with Crippen molar-refractivity contribution in [1.82, 2.24) is 15.0 Å². The van der Waals surface area contributed by atoms with E-state index >= 15 is 0 Å². The molecule has 1 aromatic carbocycles. The lowest BCUT2D eigenvalue weighted by Crippen LogP contribution is -2.31. The summed E-state index contributed by atoms with van der Waals surface area (Å²) in [5.74, 6) is 3.19. The average molecular weight is 337 g/mol. The molecule has 0 amide bonds. The fourth-order valence-corrected chi connectivity index (χ4v) is 3.25. The highest BCUT2D eigenvalue weighted by molar-refractivity contribution is 5.80. The lowest BCUT2D eigenvalue weighted by atomic mass is 10.1. The summed E-state index contributed by atoms with van der Waals surface area (Å²) in [5, 5.41) is 3.46. The van der Waals surface area contributed by atoms with Crippen LogP contribution in [0, 0.1) is 6.92 Å². The van der Waals surface area contributed by atoms with Crippen LogP contribution in [0.5, 0.6) is 0 Å². The lowest BCUT2D eigenvalue weighted by molar-refractivity contribution is 0.453. The number of oxazole rings is 1. The van der Waals surface area contributed by atoms with Crippen LogP contribution in [-0.4, -0.2) is 28.0 Å². The first-order valence-corrected chi connectivity index (χ1v) is 8.91. The third-order valence-electron chi connectivity index (χ3n) is 4.57. The second kappa shape index (κ2) is 6.70. The number of piperidine rings is 1. The molecular weight excluding hydrogens is 314 g/mol. The number of hydrogen-bond donors (Lipinski definition) is 1. The number of para-hydroxylation sites is 2. The van der Waals surface area contributed by atoms with Gasteiger partial charge in [0.1, 0.15) is 11.8 Å². The van der Waals surface area contributed by atoms with Crippen LogP contribution >= 0.6 is 0 Å². The van der Waals surface area contributed by atoms with E-state index in [4.69, 9.17) is 14.4 Å². The highest BCUT2D eigenvalue weighted by Crippen LogP contribution is 2.30. The average Bonchev–Trinajstić information content (AvgIpc) is 3.08. The minimum Gasteiger partial charge on any atom is -0.444 e. The first kappa shape index (κ1) is 15.9. The molecule has 1 aliphatic heterocycles. The summed E-state index contributed by atoms with van der Waals surface area (Å²) >= 11 is 0. The number of aryl methyl sites for hydroxylation is 1. The van der Waals surface area contributed by atoms with Crippen LogP contribution in [0.2, 0.25) is 0 Å². The molecule has 1 N–H and O–H groups in total. The second-order valence-corrected chi connectivity index (χ2v) is 6.61. The van der Waals surface area contributed by atoms with E-state index in [-0.39, 0.29) is 6.04 Å². The third kappa shape index (κ3) is 3.29. The summed E-state index contributed by atoms with van der Waals surface area (Å²) in [5.41, 5.74) is 1.81. The number of anilines is 2. The second-order valence-electron chi connectivity index (χ2n) is 6.61. The van der Waals surface area contributed by atoms with Gasteiger partial charge in [0.25, 0.3) is 0 Å². The molecule has 1 unspecified atom stereocenters. The predicted octanol–water partition coefficient (Wildman–Crippen LogP) is 4.09. The molecule has 3 heterocycles. The van der Waals surface area contributed by atoms with Crippen molar-refractivity contribution in [1.29, 1.82) is 0 Å². The van der Waals surface area contributed by atoms with E-state index in [0.717, 1.165) is 41.5 Å². The number of benzene rings is 1. The summed E-state index contributed by atoms with van der Waals surface area (Å²) in [6.07, 6.45) is 5.42. The van der Waals surface area contributed by atoms with E-state index < -0.39 is 0 Å². The fraction of sp³-hybridized carbons (Fsp3) is 0.421. The van der Waals surface area contributed by atoms with E-state index in [9.17, 15) is 0 Å². The maximum atomic E-state index is 5.65. The number of aromatic nitrogens is 3. The van der Waals surface area contributed by atoms with Gasteiger partial charge in [0.2, 0.25) is 5.89 Å². The summed E-state index contributed by atoms with van der Waals surface area (Å²) in [4.78, 5) is 16.4. The van der Waals surface area contributed by atoms with Crippen molar-refractivity contribution in [2.24, 2.45) is 0 Å². The minimum atomic E-state index is -0.0762. The quantitative estimate of drug-likeness (QED) is 0.773. The molecule has 0 aliphatic carbocycles. The van der Waals surface area contributed by atoms with Gasteiger partial charge in [-0.1, -0.05) is 12.1 Å². The normalized spacial score (nSPS) is 16.2. The van der Waals surface area contributed by atoms with Crippen LogP contribution in [0.1, 0.15) is 43.9 Å². The molecule has 1 atom stereocenters.